The van der Waals surface area contributed by atoms with Gasteiger partial charge < -0.3 is 0 Å². The fourth-order valence-corrected chi connectivity index (χ4v) is 5.64. The van der Waals surface area contributed by atoms with Crippen molar-refractivity contribution in [3.05, 3.63) is 132 Å². The van der Waals surface area contributed by atoms with E-state index < -0.39 is 0 Å². The van der Waals surface area contributed by atoms with Crippen LogP contribution in [0.5, 0.6) is 0 Å². The van der Waals surface area contributed by atoms with E-state index >= 15 is 0 Å². The summed E-state index contributed by atoms with van der Waals surface area (Å²) in [7, 11) is 0. The molecule has 1 heterocycles. The van der Waals surface area contributed by atoms with Crippen molar-refractivity contribution in [2.75, 3.05) is 0 Å². The molecule has 1 aliphatic carbocycles. The van der Waals surface area contributed by atoms with Gasteiger partial charge in [0.1, 0.15) is 0 Å². The van der Waals surface area contributed by atoms with E-state index in [1.54, 1.807) is 0 Å². The summed E-state index contributed by atoms with van der Waals surface area (Å²) < 4.78 is 0. The van der Waals surface area contributed by atoms with Gasteiger partial charge in [-0.3, -0.25) is 0 Å². The van der Waals surface area contributed by atoms with Gasteiger partial charge in [-0.15, -0.1) is 0 Å². The molecule has 6 rings (SSSR count). The van der Waals surface area contributed by atoms with Gasteiger partial charge in [-0.05, 0) is 50.5 Å². The number of allylic oxidation sites excluding steroid dienone is 4. The van der Waals surface area contributed by atoms with Crippen molar-refractivity contribution in [2.24, 2.45) is 10.8 Å². The molecule has 0 N–H and O–H groups in total. The molecular formula is C42H43N3. The Balaban J connectivity index is 1.31. The maximum Gasteiger partial charge on any atom is 0.164 e. The first-order chi connectivity index (χ1) is 21.4. The van der Waals surface area contributed by atoms with E-state index in [1.807, 2.05) is 30.3 Å². The van der Waals surface area contributed by atoms with Gasteiger partial charge in [0.05, 0.1) is 0 Å². The smallest absolute Gasteiger partial charge is 0.164 e. The molecule has 0 fully saturated rings. The standard InChI is InChI=1S/C42H43N3/c1-40(2,3)36-23-21-31(22-24-36)29-13-17-34(18-14-29)38-43-37(33-11-9-8-10-12-33)44-39(45-38)35-19-15-30(16-20-35)32-25-27-42(7,28-26-32)41(4,5)6/h8-27H,28H2,1-7H3. The van der Waals surface area contributed by atoms with Crippen LogP contribution < -0.4 is 0 Å². The molecule has 4 aromatic carbocycles. The zero-order chi connectivity index (χ0) is 31.8. The summed E-state index contributed by atoms with van der Waals surface area (Å²) in [5.74, 6) is 2.00. The maximum atomic E-state index is 4.98. The predicted molar refractivity (Wildman–Crippen MR) is 190 cm³/mol. The highest BCUT2D eigenvalue weighted by Gasteiger charge is 2.35. The SMILES string of the molecule is CC(C)(C)c1ccc(-c2ccc(-c3nc(-c4ccccc4)nc(-c4ccc(C5=CCC(C)(C(C)(C)C)C=C5)cc4)n3)cc2)cc1. The van der Waals surface area contributed by atoms with Crippen LogP contribution in [0.1, 0.15) is 66.0 Å². The van der Waals surface area contributed by atoms with E-state index in [9.17, 15) is 0 Å². The quantitative estimate of drug-likeness (QED) is 0.205. The Kier molecular flexibility index (Phi) is 7.91. The van der Waals surface area contributed by atoms with Gasteiger partial charge in [0.15, 0.2) is 17.5 Å². The summed E-state index contributed by atoms with van der Waals surface area (Å²) in [6.45, 7) is 16.0. The van der Waals surface area contributed by atoms with Crippen LogP contribution in [0.4, 0.5) is 0 Å². The second kappa shape index (κ2) is 11.7. The molecule has 0 spiro atoms. The van der Waals surface area contributed by atoms with Gasteiger partial charge in [0.25, 0.3) is 0 Å². The van der Waals surface area contributed by atoms with Crippen molar-refractivity contribution >= 4 is 5.57 Å². The summed E-state index contributed by atoms with van der Waals surface area (Å²) in [4.78, 5) is 14.8. The fraction of sp³-hybridized carbons (Fsp3) is 0.262. The fourth-order valence-electron chi connectivity index (χ4n) is 5.64. The van der Waals surface area contributed by atoms with Crippen molar-refractivity contribution in [2.45, 2.75) is 60.3 Å². The molecule has 0 saturated carbocycles. The average molecular weight is 590 g/mol. The molecule has 0 amide bonds. The lowest BCUT2D eigenvalue weighted by Gasteiger charge is -2.41. The lowest BCUT2D eigenvalue weighted by Crippen LogP contribution is -2.31. The number of benzene rings is 4. The van der Waals surface area contributed by atoms with Gasteiger partial charge in [-0.25, -0.2) is 15.0 Å². The highest BCUT2D eigenvalue weighted by molar-refractivity contribution is 5.77. The van der Waals surface area contributed by atoms with Crippen molar-refractivity contribution in [1.29, 1.82) is 0 Å². The van der Waals surface area contributed by atoms with E-state index in [0.717, 1.165) is 23.1 Å². The average Bonchev–Trinajstić information content (AvgIpc) is 3.05. The first-order valence-corrected chi connectivity index (χ1v) is 15.9. The Hall–Kier alpha value is -4.63. The molecule has 1 unspecified atom stereocenters. The third-order valence-corrected chi connectivity index (χ3v) is 9.46. The molecule has 5 aromatic rings. The first kappa shape index (κ1) is 30.4. The minimum Gasteiger partial charge on any atom is -0.208 e. The lowest BCUT2D eigenvalue weighted by atomic mass is 9.64. The van der Waals surface area contributed by atoms with E-state index in [4.69, 9.17) is 15.0 Å². The normalized spacial score (nSPS) is 16.8. The summed E-state index contributed by atoms with van der Waals surface area (Å²) in [6, 6.07) is 36.1. The zero-order valence-corrected chi connectivity index (χ0v) is 27.6. The van der Waals surface area contributed by atoms with Crippen LogP contribution in [0.3, 0.4) is 0 Å². The number of hydrogen-bond donors (Lipinski definition) is 0. The predicted octanol–water partition coefficient (Wildman–Crippen LogP) is 11.2. The molecule has 226 valence electrons. The maximum absolute atomic E-state index is 4.98. The van der Waals surface area contributed by atoms with Crippen molar-refractivity contribution in [3.8, 4) is 45.3 Å². The van der Waals surface area contributed by atoms with Crippen LogP contribution in [-0.4, -0.2) is 15.0 Å². The molecule has 0 radical (unpaired) electrons. The van der Waals surface area contributed by atoms with Gasteiger partial charge in [-0.2, -0.15) is 0 Å². The Morgan fingerprint density at radius 2 is 0.933 bits per heavy atom. The summed E-state index contributed by atoms with van der Waals surface area (Å²) in [5, 5.41) is 0. The highest BCUT2D eigenvalue weighted by Crippen LogP contribution is 2.46. The van der Waals surface area contributed by atoms with Gasteiger partial charge in [0.2, 0.25) is 0 Å². The first-order valence-electron chi connectivity index (χ1n) is 15.9. The van der Waals surface area contributed by atoms with E-state index in [1.165, 1.54) is 27.8 Å². The molecule has 1 atom stereocenters. The van der Waals surface area contributed by atoms with Gasteiger partial charge >= 0.3 is 0 Å². The monoisotopic (exact) mass is 589 g/mol. The third kappa shape index (κ3) is 6.44. The Morgan fingerprint density at radius 3 is 1.36 bits per heavy atom. The topological polar surface area (TPSA) is 38.7 Å². The number of aromatic nitrogens is 3. The molecule has 45 heavy (non-hydrogen) atoms. The number of nitrogens with zero attached hydrogens (tertiary/aromatic N) is 3. The van der Waals surface area contributed by atoms with E-state index in [2.05, 4.69) is 139 Å². The van der Waals surface area contributed by atoms with Crippen molar-refractivity contribution < 1.29 is 0 Å². The minimum atomic E-state index is 0.133. The molecular weight excluding hydrogens is 546 g/mol. The van der Waals surface area contributed by atoms with Crippen LogP contribution in [0.15, 0.2) is 121 Å². The molecule has 1 aliphatic rings. The molecule has 3 heteroatoms. The van der Waals surface area contributed by atoms with Crippen molar-refractivity contribution in [1.82, 2.24) is 15.0 Å². The van der Waals surface area contributed by atoms with Crippen LogP contribution in [0.25, 0.3) is 50.9 Å². The van der Waals surface area contributed by atoms with Crippen LogP contribution in [0.2, 0.25) is 0 Å². The molecule has 0 saturated heterocycles. The van der Waals surface area contributed by atoms with Crippen LogP contribution >= 0.6 is 0 Å². The Bertz CT molecular complexity index is 1850. The highest BCUT2D eigenvalue weighted by atomic mass is 15.0. The Labute approximate surface area is 268 Å². The molecule has 1 aromatic heterocycles. The summed E-state index contributed by atoms with van der Waals surface area (Å²) in [6.07, 6.45) is 8.06. The lowest BCUT2D eigenvalue weighted by molar-refractivity contribution is 0.171. The number of hydrogen-bond acceptors (Lipinski definition) is 3. The van der Waals surface area contributed by atoms with E-state index in [-0.39, 0.29) is 16.2 Å². The second-order valence-electron chi connectivity index (χ2n) is 14.5. The summed E-state index contributed by atoms with van der Waals surface area (Å²) in [5.41, 5.74) is 9.55. The van der Waals surface area contributed by atoms with E-state index in [0.29, 0.717) is 17.5 Å². The largest absolute Gasteiger partial charge is 0.208 e. The molecule has 0 aliphatic heterocycles. The molecule has 0 bridgehead atoms. The number of rotatable bonds is 5. The second-order valence-corrected chi connectivity index (χ2v) is 14.5. The summed E-state index contributed by atoms with van der Waals surface area (Å²) >= 11 is 0. The molecule has 3 nitrogen and oxygen atoms in total. The van der Waals surface area contributed by atoms with Gasteiger partial charge in [0, 0.05) is 16.7 Å². The van der Waals surface area contributed by atoms with Crippen molar-refractivity contribution in [3.63, 3.8) is 0 Å². The zero-order valence-electron chi connectivity index (χ0n) is 27.6. The van der Waals surface area contributed by atoms with Crippen LogP contribution in [0, 0.1) is 10.8 Å². The minimum absolute atomic E-state index is 0.133. The van der Waals surface area contributed by atoms with Crippen LogP contribution in [-0.2, 0) is 5.41 Å². The Morgan fingerprint density at radius 1 is 0.511 bits per heavy atom. The third-order valence-electron chi connectivity index (χ3n) is 9.46. The van der Waals surface area contributed by atoms with Gasteiger partial charge in [-0.1, -0.05) is 170 Å².